The molecule has 1 aliphatic heterocycles. The molecule has 0 bridgehead atoms. The summed E-state index contributed by atoms with van der Waals surface area (Å²) >= 11 is 11.6. The van der Waals surface area contributed by atoms with Crippen LogP contribution in [0.2, 0.25) is 0 Å². The molecule has 2 N–H and O–H groups in total. The molecule has 7 heteroatoms. The molecule has 4 rings (SSSR count). The summed E-state index contributed by atoms with van der Waals surface area (Å²) in [4.78, 5) is 28.0. The van der Waals surface area contributed by atoms with Crippen molar-refractivity contribution in [1.29, 1.82) is 0 Å². The zero-order valence-corrected chi connectivity index (χ0v) is 22.8. The van der Waals surface area contributed by atoms with E-state index in [-0.39, 0.29) is 11.8 Å². The van der Waals surface area contributed by atoms with Gasteiger partial charge in [0.05, 0.1) is 11.0 Å². The lowest BCUT2D eigenvalue weighted by Crippen LogP contribution is -2.30. The number of hydrogen-bond acceptors (Lipinski definition) is 4. The molecule has 0 saturated carbocycles. The number of amides is 2. The number of nitrogens with one attached hydrogen (secondary N) is 2. The molecule has 1 unspecified atom stereocenters. The summed E-state index contributed by atoms with van der Waals surface area (Å²) in [5.41, 5.74) is 6.37. The molecule has 1 fully saturated rings. The van der Waals surface area contributed by atoms with Crippen LogP contribution < -0.4 is 10.6 Å². The number of anilines is 1. The Labute approximate surface area is 229 Å². The van der Waals surface area contributed by atoms with E-state index >= 15 is 0 Å². The Morgan fingerprint density at radius 2 is 1.70 bits per heavy atom. The van der Waals surface area contributed by atoms with Crippen LogP contribution in [0.1, 0.15) is 48.2 Å². The fraction of sp³-hybridized carbons (Fsp3) is 0.300. The third-order valence-corrected chi connectivity index (χ3v) is 7.71. The highest BCUT2D eigenvalue weighted by Gasteiger charge is 2.22. The van der Waals surface area contributed by atoms with Crippen LogP contribution in [0.25, 0.3) is 5.57 Å². The van der Waals surface area contributed by atoms with Crippen LogP contribution in [0, 0.1) is 0 Å². The minimum Gasteiger partial charge on any atom is -0.339 e. The topological polar surface area (TPSA) is 61.4 Å². The second-order valence-electron chi connectivity index (χ2n) is 9.05. The quantitative estimate of drug-likeness (QED) is 0.350. The van der Waals surface area contributed by atoms with E-state index in [9.17, 15) is 9.59 Å². The van der Waals surface area contributed by atoms with E-state index in [4.69, 9.17) is 23.8 Å². The average molecular weight is 534 g/mol. The monoisotopic (exact) mass is 533 g/mol. The standard InChI is InChI=1S/C30H32ClN3O2S/c1-3-34(4-2)30(36)22-13-11-20(12-14-22)27(21-15-17-32-18-16-21)23-7-5-8-24(19-23)33-29(35)25-9-6-10-26(31)28(25)37/h5-14,19,26,32H,3-4,15-18H2,1-2H3,(H,33,35). The van der Waals surface area contributed by atoms with Crippen molar-refractivity contribution in [2.45, 2.75) is 32.1 Å². The maximum atomic E-state index is 13.0. The third kappa shape index (κ3) is 6.27. The highest BCUT2D eigenvalue weighted by atomic mass is 35.5. The number of carbonyl (C=O) groups excluding carboxylic acids is 2. The molecule has 1 saturated heterocycles. The number of allylic oxidation sites excluding steroid dienone is 3. The number of benzene rings is 2. The van der Waals surface area contributed by atoms with E-state index in [0.29, 0.717) is 34.8 Å². The van der Waals surface area contributed by atoms with Gasteiger partial charge in [-0.2, -0.15) is 0 Å². The summed E-state index contributed by atoms with van der Waals surface area (Å²) in [6.45, 7) is 7.19. The van der Waals surface area contributed by atoms with Gasteiger partial charge < -0.3 is 15.5 Å². The molecule has 1 aliphatic carbocycles. The Kier molecular flexibility index (Phi) is 9.09. The van der Waals surface area contributed by atoms with Gasteiger partial charge in [0, 0.05) is 29.2 Å². The zero-order valence-electron chi connectivity index (χ0n) is 21.2. The Bertz CT molecular complexity index is 1270. The van der Waals surface area contributed by atoms with Gasteiger partial charge in [0.25, 0.3) is 11.8 Å². The lowest BCUT2D eigenvalue weighted by atomic mass is 9.88. The van der Waals surface area contributed by atoms with Crippen LogP contribution in [0.15, 0.2) is 77.9 Å². The third-order valence-electron chi connectivity index (χ3n) is 6.74. The molecular weight excluding hydrogens is 502 g/mol. The second kappa shape index (κ2) is 12.5. The van der Waals surface area contributed by atoms with Crippen LogP contribution in [0.4, 0.5) is 5.69 Å². The van der Waals surface area contributed by atoms with Crippen molar-refractivity contribution < 1.29 is 9.59 Å². The summed E-state index contributed by atoms with van der Waals surface area (Å²) in [6, 6.07) is 15.8. The first-order valence-corrected chi connectivity index (χ1v) is 13.6. The highest BCUT2D eigenvalue weighted by Crippen LogP contribution is 2.33. The van der Waals surface area contributed by atoms with Gasteiger partial charge in [0.1, 0.15) is 0 Å². The Balaban J connectivity index is 1.65. The predicted molar refractivity (Wildman–Crippen MR) is 156 cm³/mol. The number of alkyl halides is 1. The number of thiocarbonyl (C=S) groups is 1. The molecule has 0 spiro atoms. The zero-order chi connectivity index (χ0) is 26.4. The SMILES string of the molecule is CCN(CC)C(=O)c1ccc(C(=C2CCNCC2)c2cccc(NC(=O)C3=CC=CC(Cl)C3=S)c2)cc1. The summed E-state index contributed by atoms with van der Waals surface area (Å²) in [5, 5.41) is 5.96. The lowest BCUT2D eigenvalue weighted by Gasteiger charge is -2.22. The fourth-order valence-electron chi connectivity index (χ4n) is 4.73. The van der Waals surface area contributed by atoms with Crippen LogP contribution in [-0.2, 0) is 4.79 Å². The maximum absolute atomic E-state index is 13.0. The van der Waals surface area contributed by atoms with Crippen LogP contribution in [0.5, 0.6) is 0 Å². The van der Waals surface area contributed by atoms with E-state index in [0.717, 1.165) is 42.6 Å². The Morgan fingerprint density at radius 3 is 2.38 bits per heavy atom. The molecular formula is C30H32ClN3O2S. The van der Waals surface area contributed by atoms with Crippen molar-refractivity contribution in [2.75, 3.05) is 31.5 Å². The molecule has 1 atom stereocenters. The normalized spacial score (nSPS) is 17.3. The molecule has 0 aromatic heterocycles. The van der Waals surface area contributed by atoms with Crippen molar-refractivity contribution in [1.82, 2.24) is 10.2 Å². The number of rotatable bonds is 7. The number of nitrogens with zero attached hydrogens (tertiary/aromatic N) is 1. The molecule has 1 heterocycles. The highest BCUT2D eigenvalue weighted by molar-refractivity contribution is 7.81. The van der Waals surface area contributed by atoms with E-state index in [1.54, 1.807) is 18.2 Å². The van der Waals surface area contributed by atoms with Gasteiger partial charge in [0.15, 0.2) is 0 Å². The number of carbonyl (C=O) groups is 2. The van der Waals surface area contributed by atoms with Crippen molar-refractivity contribution in [2.24, 2.45) is 0 Å². The van der Waals surface area contributed by atoms with Crippen LogP contribution in [-0.4, -0.2) is 53.1 Å². The van der Waals surface area contributed by atoms with Crippen molar-refractivity contribution in [3.05, 3.63) is 94.6 Å². The van der Waals surface area contributed by atoms with Crippen molar-refractivity contribution in [3.8, 4) is 0 Å². The van der Waals surface area contributed by atoms with Crippen molar-refractivity contribution in [3.63, 3.8) is 0 Å². The van der Waals surface area contributed by atoms with E-state index in [1.165, 1.54) is 5.57 Å². The molecule has 2 aliphatic rings. The molecule has 0 radical (unpaired) electrons. The summed E-state index contributed by atoms with van der Waals surface area (Å²) in [7, 11) is 0. The average Bonchev–Trinajstić information content (AvgIpc) is 2.92. The van der Waals surface area contributed by atoms with Crippen LogP contribution >= 0.6 is 23.8 Å². The van der Waals surface area contributed by atoms with Gasteiger partial charge in [-0.05, 0) is 86.8 Å². The van der Waals surface area contributed by atoms with Gasteiger partial charge in [-0.3, -0.25) is 9.59 Å². The van der Waals surface area contributed by atoms with Gasteiger partial charge in [-0.25, -0.2) is 0 Å². The number of hydrogen-bond donors (Lipinski definition) is 2. The van der Waals surface area contributed by atoms with Crippen LogP contribution in [0.3, 0.4) is 0 Å². The molecule has 2 aromatic rings. The van der Waals surface area contributed by atoms with E-state index in [2.05, 4.69) is 16.7 Å². The minimum atomic E-state index is -0.458. The summed E-state index contributed by atoms with van der Waals surface area (Å²) < 4.78 is 0. The first-order chi connectivity index (χ1) is 17.9. The Hall–Kier alpha value is -3.06. The largest absolute Gasteiger partial charge is 0.339 e. The molecule has 5 nitrogen and oxygen atoms in total. The van der Waals surface area contributed by atoms with E-state index in [1.807, 2.05) is 61.2 Å². The first kappa shape index (κ1) is 27.0. The minimum absolute atomic E-state index is 0.0429. The van der Waals surface area contributed by atoms with Crippen molar-refractivity contribution >= 4 is 51.8 Å². The predicted octanol–water partition coefficient (Wildman–Crippen LogP) is 5.77. The van der Waals surface area contributed by atoms with E-state index < -0.39 is 5.38 Å². The number of piperidine rings is 1. The van der Waals surface area contributed by atoms with Gasteiger partial charge in [-0.15, -0.1) is 11.6 Å². The van der Waals surface area contributed by atoms with Gasteiger partial charge in [0.2, 0.25) is 0 Å². The second-order valence-corrected chi connectivity index (χ2v) is 9.96. The fourth-order valence-corrected chi connectivity index (χ4v) is 5.17. The summed E-state index contributed by atoms with van der Waals surface area (Å²) in [5.74, 6) is -0.228. The van der Waals surface area contributed by atoms with Gasteiger partial charge >= 0.3 is 0 Å². The Morgan fingerprint density at radius 1 is 1.03 bits per heavy atom. The van der Waals surface area contributed by atoms with Gasteiger partial charge in [-0.1, -0.05) is 54.2 Å². The summed E-state index contributed by atoms with van der Waals surface area (Å²) in [6.07, 6.45) is 7.10. The smallest absolute Gasteiger partial charge is 0.256 e. The number of halogens is 1. The molecule has 37 heavy (non-hydrogen) atoms. The molecule has 2 amide bonds. The maximum Gasteiger partial charge on any atom is 0.256 e. The first-order valence-electron chi connectivity index (χ1n) is 12.7. The lowest BCUT2D eigenvalue weighted by molar-refractivity contribution is -0.112. The molecule has 192 valence electrons. The molecule has 2 aromatic carbocycles.